The summed E-state index contributed by atoms with van der Waals surface area (Å²) in [7, 11) is 0. The van der Waals surface area contributed by atoms with E-state index in [4.69, 9.17) is 0 Å². The van der Waals surface area contributed by atoms with Crippen molar-refractivity contribution in [2.24, 2.45) is 5.92 Å². The van der Waals surface area contributed by atoms with E-state index in [-0.39, 0.29) is 11.9 Å². The number of aromatic nitrogens is 1. The van der Waals surface area contributed by atoms with Crippen LogP contribution in [-0.4, -0.2) is 30.0 Å². The number of carbonyl (C=O) groups excluding carboxylic acids is 1. The maximum Gasteiger partial charge on any atom is 0.263 e. The highest BCUT2D eigenvalue weighted by Crippen LogP contribution is 2.21. The number of aryl methyl sites for hydroxylation is 1. The van der Waals surface area contributed by atoms with Gasteiger partial charge in [-0.1, -0.05) is 13.8 Å². The van der Waals surface area contributed by atoms with Crippen molar-refractivity contribution >= 4 is 17.2 Å². The Balaban J connectivity index is 2.05. The monoisotopic (exact) mass is 281 g/mol. The summed E-state index contributed by atoms with van der Waals surface area (Å²) in [6, 6.07) is 0.260. The van der Waals surface area contributed by atoms with Crippen molar-refractivity contribution in [2.45, 2.75) is 46.1 Å². The summed E-state index contributed by atoms with van der Waals surface area (Å²) in [4.78, 5) is 17.7. The Hall–Kier alpha value is -0.940. The van der Waals surface area contributed by atoms with Crippen molar-refractivity contribution in [3.63, 3.8) is 0 Å². The van der Waals surface area contributed by atoms with Gasteiger partial charge in [-0.15, -0.1) is 11.3 Å². The third-order valence-electron chi connectivity index (χ3n) is 3.24. The zero-order valence-electron chi connectivity index (χ0n) is 12.0. The number of thiazole rings is 1. The van der Waals surface area contributed by atoms with E-state index >= 15 is 0 Å². The fourth-order valence-electron chi connectivity index (χ4n) is 2.40. The van der Waals surface area contributed by atoms with Crippen LogP contribution in [0.15, 0.2) is 0 Å². The third kappa shape index (κ3) is 4.01. The molecule has 19 heavy (non-hydrogen) atoms. The van der Waals surface area contributed by atoms with E-state index in [1.165, 1.54) is 11.3 Å². The van der Waals surface area contributed by atoms with Gasteiger partial charge in [0.25, 0.3) is 5.91 Å². The molecule has 0 bridgehead atoms. The molecule has 1 saturated heterocycles. The second kappa shape index (κ2) is 6.48. The van der Waals surface area contributed by atoms with Gasteiger partial charge in [0, 0.05) is 12.6 Å². The van der Waals surface area contributed by atoms with Gasteiger partial charge in [0.05, 0.1) is 10.7 Å². The molecule has 0 spiro atoms. The van der Waals surface area contributed by atoms with Crippen molar-refractivity contribution in [3.8, 4) is 0 Å². The van der Waals surface area contributed by atoms with Crippen LogP contribution < -0.4 is 10.6 Å². The lowest BCUT2D eigenvalue weighted by molar-refractivity contribution is 0.0933. The minimum absolute atomic E-state index is 0.0509. The van der Waals surface area contributed by atoms with Gasteiger partial charge in [0.2, 0.25) is 0 Å². The van der Waals surface area contributed by atoms with Gasteiger partial charge in [0.15, 0.2) is 0 Å². The zero-order chi connectivity index (χ0) is 13.8. The highest BCUT2D eigenvalue weighted by atomic mass is 32.1. The molecule has 0 aliphatic carbocycles. The lowest BCUT2D eigenvalue weighted by Crippen LogP contribution is -2.45. The number of rotatable bonds is 4. The molecule has 2 N–H and O–H groups in total. The molecule has 0 aromatic carbocycles. The molecule has 2 heterocycles. The fraction of sp³-hybridized carbons (Fsp3) is 0.714. The number of nitrogens with one attached hydrogen (secondary N) is 2. The molecule has 1 amide bonds. The lowest BCUT2D eigenvalue weighted by Gasteiger charge is -2.23. The molecule has 1 atom stereocenters. The summed E-state index contributed by atoms with van der Waals surface area (Å²) in [5.74, 6) is 0.569. The van der Waals surface area contributed by atoms with Gasteiger partial charge in [0.1, 0.15) is 4.88 Å². The first-order valence-corrected chi connectivity index (χ1v) is 7.85. The molecule has 106 valence electrons. The van der Waals surface area contributed by atoms with E-state index < -0.39 is 0 Å². The van der Waals surface area contributed by atoms with E-state index in [1.807, 2.05) is 6.92 Å². The van der Waals surface area contributed by atoms with Gasteiger partial charge < -0.3 is 10.6 Å². The highest BCUT2D eigenvalue weighted by Gasteiger charge is 2.21. The molecule has 0 radical (unpaired) electrons. The van der Waals surface area contributed by atoms with Gasteiger partial charge >= 0.3 is 0 Å². The summed E-state index contributed by atoms with van der Waals surface area (Å²) in [6.45, 7) is 8.21. The van der Waals surface area contributed by atoms with Crippen molar-refractivity contribution < 1.29 is 4.79 Å². The van der Waals surface area contributed by atoms with Crippen molar-refractivity contribution in [1.82, 2.24) is 15.6 Å². The topological polar surface area (TPSA) is 54.0 Å². The molecular formula is C14H23N3OS. The summed E-state index contributed by atoms with van der Waals surface area (Å²) in [6.07, 6.45) is 3.07. The average Bonchev–Trinajstić information content (AvgIpc) is 2.70. The normalized spacial score (nSPS) is 19.7. The van der Waals surface area contributed by atoms with Gasteiger partial charge in [-0.2, -0.15) is 0 Å². The van der Waals surface area contributed by atoms with Crippen LogP contribution in [0.25, 0.3) is 0 Å². The number of hydrogen-bond donors (Lipinski definition) is 2. The third-order valence-corrected chi connectivity index (χ3v) is 4.26. The number of nitrogens with zero attached hydrogens (tertiary/aromatic N) is 1. The molecule has 2 rings (SSSR count). The lowest BCUT2D eigenvalue weighted by atomic mass is 10.1. The van der Waals surface area contributed by atoms with Crippen LogP contribution in [0.4, 0.5) is 0 Å². The van der Waals surface area contributed by atoms with Crippen LogP contribution in [0, 0.1) is 12.8 Å². The Bertz CT molecular complexity index is 436. The van der Waals surface area contributed by atoms with Crippen LogP contribution in [0.1, 0.15) is 47.1 Å². The number of hydrogen-bond acceptors (Lipinski definition) is 4. The molecule has 0 saturated carbocycles. The zero-order valence-corrected chi connectivity index (χ0v) is 12.8. The SMILES string of the molecule is Cc1nc(CC(C)C)c(C(=O)NC2CCCNC2)s1. The van der Waals surface area contributed by atoms with E-state index in [0.29, 0.717) is 5.92 Å². The molecule has 1 aromatic rings. The first-order chi connectivity index (χ1) is 9.06. The Morgan fingerprint density at radius 1 is 1.58 bits per heavy atom. The minimum atomic E-state index is 0.0509. The predicted octanol–water partition coefficient (Wildman–Crippen LogP) is 2.13. The largest absolute Gasteiger partial charge is 0.347 e. The number of carbonyl (C=O) groups is 1. The molecule has 1 fully saturated rings. The van der Waals surface area contributed by atoms with Gasteiger partial charge in [-0.05, 0) is 38.6 Å². The Kier molecular flexibility index (Phi) is 4.93. The van der Waals surface area contributed by atoms with Gasteiger partial charge in [-0.3, -0.25) is 4.79 Å². The number of amides is 1. The Morgan fingerprint density at radius 3 is 3.00 bits per heavy atom. The van der Waals surface area contributed by atoms with E-state index in [2.05, 4.69) is 29.5 Å². The van der Waals surface area contributed by atoms with E-state index in [9.17, 15) is 4.79 Å². The van der Waals surface area contributed by atoms with Crippen molar-refractivity contribution in [2.75, 3.05) is 13.1 Å². The van der Waals surface area contributed by atoms with E-state index in [0.717, 1.165) is 47.9 Å². The summed E-state index contributed by atoms with van der Waals surface area (Å²) in [5, 5.41) is 7.42. The summed E-state index contributed by atoms with van der Waals surface area (Å²) >= 11 is 1.51. The molecule has 1 unspecified atom stereocenters. The van der Waals surface area contributed by atoms with Gasteiger partial charge in [-0.25, -0.2) is 4.98 Å². The van der Waals surface area contributed by atoms with E-state index in [1.54, 1.807) is 0 Å². The van der Waals surface area contributed by atoms with Crippen LogP contribution in [-0.2, 0) is 6.42 Å². The first kappa shape index (κ1) is 14.5. The maximum absolute atomic E-state index is 12.4. The second-order valence-corrected chi connectivity index (χ2v) is 6.83. The van der Waals surface area contributed by atoms with Crippen LogP contribution in [0.3, 0.4) is 0 Å². The fourth-order valence-corrected chi connectivity index (χ4v) is 3.25. The van der Waals surface area contributed by atoms with Crippen LogP contribution in [0.5, 0.6) is 0 Å². The molecule has 1 aliphatic rings. The second-order valence-electron chi connectivity index (χ2n) is 5.62. The Labute approximate surface area is 119 Å². The number of piperidine rings is 1. The molecule has 1 aliphatic heterocycles. The Morgan fingerprint density at radius 2 is 2.37 bits per heavy atom. The molecule has 4 nitrogen and oxygen atoms in total. The summed E-state index contributed by atoms with van der Waals surface area (Å²) < 4.78 is 0. The summed E-state index contributed by atoms with van der Waals surface area (Å²) in [5.41, 5.74) is 0.957. The molecule has 5 heteroatoms. The minimum Gasteiger partial charge on any atom is -0.347 e. The van der Waals surface area contributed by atoms with Crippen LogP contribution in [0.2, 0.25) is 0 Å². The molecular weight excluding hydrogens is 258 g/mol. The van der Waals surface area contributed by atoms with Crippen molar-refractivity contribution in [3.05, 3.63) is 15.6 Å². The smallest absolute Gasteiger partial charge is 0.263 e. The standard InChI is InChI=1S/C14H23N3OS/c1-9(2)7-12-13(19-10(3)16-12)14(18)17-11-5-4-6-15-8-11/h9,11,15H,4-8H2,1-3H3,(H,17,18). The molecule has 1 aromatic heterocycles. The van der Waals surface area contributed by atoms with Crippen LogP contribution >= 0.6 is 11.3 Å². The highest BCUT2D eigenvalue weighted by molar-refractivity contribution is 7.13. The van der Waals surface area contributed by atoms with Crippen molar-refractivity contribution in [1.29, 1.82) is 0 Å². The quantitative estimate of drug-likeness (QED) is 0.889. The predicted molar refractivity (Wildman–Crippen MR) is 78.8 cm³/mol. The maximum atomic E-state index is 12.4. The average molecular weight is 281 g/mol. The first-order valence-electron chi connectivity index (χ1n) is 7.04.